The average Bonchev–Trinajstić information content (AvgIpc) is 2.76. The molecule has 0 saturated heterocycles. The van der Waals surface area contributed by atoms with Gasteiger partial charge in [0.1, 0.15) is 4.90 Å². The molecule has 5 nitrogen and oxygen atoms in total. The first kappa shape index (κ1) is 24.8. The number of nitrogens with one attached hydrogen (secondary N) is 2. The molecule has 0 aliphatic heterocycles. The van der Waals surface area contributed by atoms with Crippen molar-refractivity contribution in [1.29, 1.82) is 0 Å². The van der Waals surface area contributed by atoms with E-state index in [0.29, 0.717) is 11.6 Å². The highest BCUT2D eigenvalue weighted by molar-refractivity contribution is 7.92. The summed E-state index contributed by atoms with van der Waals surface area (Å²) in [6, 6.07) is 19.2. The van der Waals surface area contributed by atoms with Crippen molar-refractivity contribution in [2.24, 2.45) is 5.92 Å². The van der Waals surface area contributed by atoms with Gasteiger partial charge in [-0.25, -0.2) is 8.42 Å². The largest absolute Gasteiger partial charge is 0.345 e. The number of sulfonamides is 1. The lowest BCUT2D eigenvalue weighted by Crippen LogP contribution is -2.29. The van der Waals surface area contributed by atoms with Crippen molar-refractivity contribution in [3.63, 3.8) is 0 Å². The number of carbonyl (C=O) groups excluding carboxylic acids is 1. The number of amides is 1. The van der Waals surface area contributed by atoms with Crippen LogP contribution in [0.5, 0.6) is 0 Å². The summed E-state index contributed by atoms with van der Waals surface area (Å²) in [4.78, 5) is 12.9. The summed E-state index contributed by atoms with van der Waals surface area (Å²) in [5, 5.41) is 3.10. The molecule has 7 heteroatoms. The summed E-state index contributed by atoms with van der Waals surface area (Å²) in [7, 11) is -4.00. The van der Waals surface area contributed by atoms with Gasteiger partial charge in [-0.15, -0.1) is 0 Å². The van der Waals surface area contributed by atoms with Gasteiger partial charge in [0, 0.05) is 5.56 Å². The quantitative estimate of drug-likeness (QED) is 0.395. The second-order valence-electron chi connectivity index (χ2n) is 8.56. The Labute approximate surface area is 201 Å². The molecule has 0 aliphatic rings. The Balaban J connectivity index is 1.89. The zero-order valence-electron chi connectivity index (χ0n) is 19.2. The van der Waals surface area contributed by atoms with Crippen LogP contribution in [0.2, 0.25) is 5.02 Å². The first-order valence-electron chi connectivity index (χ1n) is 10.8. The lowest BCUT2D eigenvalue weighted by molar-refractivity contribution is 0.0931. The van der Waals surface area contributed by atoms with Crippen LogP contribution >= 0.6 is 11.6 Å². The Morgan fingerprint density at radius 2 is 1.67 bits per heavy atom. The van der Waals surface area contributed by atoms with Crippen LogP contribution in [0.4, 0.5) is 5.69 Å². The number of halogens is 1. The molecule has 0 bridgehead atoms. The van der Waals surface area contributed by atoms with Gasteiger partial charge in [-0.3, -0.25) is 9.52 Å². The zero-order valence-corrected chi connectivity index (χ0v) is 20.8. The maximum absolute atomic E-state index is 13.1. The normalized spacial score (nSPS) is 12.4. The van der Waals surface area contributed by atoms with E-state index in [9.17, 15) is 13.2 Å². The Morgan fingerprint density at radius 3 is 2.33 bits per heavy atom. The van der Waals surface area contributed by atoms with Crippen molar-refractivity contribution in [3.05, 3.63) is 94.0 Å². The van der Waals surface area contributed by atoms with E-state index in [1.165, 1.54) is 18.2 Å². The van der Waals surface area contributed by atoms with Gasteiger partial charge in [-0.2, -0.15) is 0 Å². The van der Waals surface area contributed by atoms with E-state index in [0.717, 1.165) is 23.1 Å². The summed E-state index contributed by atoms with van der Waals surface area (Å²) >= 11 is 6.24. The smallest absolute Gasteiger partial charge is 0.263 e. The molecule has 2 N–H and O–H groups in total. The molecule has 0 unspecified atom stereocenters. The molecule has 33 heavy (non-hydrogen) atoms. The number of anilines is 1. The summed E-state index contributed by atoms with van der Waals surface area (Å²) in [5.41, 5.74) is 3.49. The molecule has 1 amide bonds. The summed E-state index contributed by atoms with van der Waals surface area (Å²) < 4.78 is 28.8. The predicted molar refractivity (Wildman–Crippen MR) is 134 cm³/mol. The molecule has 0 saturated carbocycles. The van der Waals surface area contributed by atoms with Gasteiger partial charge in [0.2, 0.25) is 0 Å². The number of benzene rings is 3. The van der Waals surface area contributed by atoms with Crippen molar-refractivity contribution < 1.29 is 13.2 Å². The van der Waals surface area contributed by atoms with Crippen molar-refractivity contribution in [2.75, 3.05) is 4.72 Å². The maximum Gasteiger partial charge on any atom is 0.263 e. The van der Waals surface area contributed by atoms with E-state index < -0.39 is 10.0 Å². The molecule has 0 spiro atoms. The third-order valence-electron chi connectivity index (χ3n) is 5.55. The zero-order chi connectivity index (χ0) is 24.2. The van der Waals surface area contributed by atoms with Crippen LogP contribution < -0.4 is 10.0 Å². The Bertz CT molecular complexity index is 1240. The van der Waals surface area contributed by atoms with Crippen LogP contribution in [0.15, 0.2) is 71.6 Å². The number of carbonyl (C=O) groups is 1. The van der Waals surface area contributed by atoms with Gasteiger partial charge in [0.25, 0.3) is 15.9 Å². The predicted octanol–water partition coefficient (Wildman–Crippen LogP) is 6.27. The lowest BCUT2D eigenvalue weighted by Gasteiger charge is -2.21. The molecule has 174 valence electrons. The highest BCUT2D eigenvalue weighted by atomic mass is 35.5. The van der Waals surface area contributed by atoms with Crippen LogP contribution in [0.25, 0.3) is 0 Å². The minimum absolute atomic E-state index is 0.0474. The SMILES string of the molecule is Cc1cccc(NS(=O)(=O)c2cc(C(=O)N[C@H](CC(C)C)c3ccccc3)ccc2Cl)c1C. The fourth-order valence-electron chi connectivity index (χ4n) is 3.59. The van der Waals surface area contributed by atoms with E-state index in [2.05, 4.69) is 23.9 Å². The monoisotopic (exact) mass is 484 g/mol. The van der Waals surface area contributed by atoms with Crippen molar-refractivity contribution in [3.8, 4) is 0 Å². The fraction of sp³-hybridized carbons (Fsp3) is 0.269. The van der Waals surface area contributed by atoms with Gasteiger partial charge in [0.15, 0.2) is 0 Å². The third-order valence-corrected chi connectivity index (χ3v) is 7.39. The summed E-state index contributed by atoms with van der Waals surface area (Å²) in [6.07, 6.45) is 0.753. The number of rotatable bonds is 8. The van der Waals surface area contributed by atoms with Crippen LogP contribution in [0, 0.1) is 19.8 Å². The molecule has 3 rings (SSSR count). The number of aryl methyl sites for hydroxylation is 1. The molecule has 0 radical (unpaired) electrons. The van der Waals surface area contributed by atoms with Crippen LogP contribution in [0.3, 0.4) is 0 Å². The first-order valence-corrected chi connectivity index (χ1v) is 12.7. The molecule has 1 atom stereocenters. The van der Waals surface area contributed by atoms with E-state index in [-0.39, 0.29) is 27.4 Å². The Hall–Kier alpha value is -2.83. The molecule has 3 aromatic rings. The highest BCUT2D eigenvalue weighted by Crippen LogP contribution is 2.28. The van der Waals surface area contributed by atoms with Gasteiger partial charge in [-0.05, 0) is 67.1 Å². The Kier molecular flexibility index (Phi) is 7.82. The Morgan fingerprint density at radius 1 is 0.970 bits per heavy atom. The molecular formula is C26H29ClN2O3S. The topological polar surface area (TPSA) is 75.3 Å². The van der Waals surface area contributed by atoms with Crippen LogP contribution in [-0.4, -0.2) is 14.3 Å². The average molecular weight is 485 g/mol. The van der Waals surface area contributed by atoms with Crippen molar-refractivity contribution in [1.82, 2.24) is 5.32 Å². The lowest BCUT2D eigenvalue weighted by atomic mass is 9.96. The van der Waals surface area contributed by atoms with Gasteiger partial charge in [0.05, 0.1) is 16.8 Å². The second kappa shape index (κ2) is 10.4. The van der Waals surface area contributed by atoms with E-state index in [1.54, 1.807) is 12.1 Å². The van der Waals surface area contributed by atoms with Gasteiger partial charge >= 0.3 is 0 Å². The summed E-state index contributed by atoms with van der Waals surface area (Å²) in [6.45, 7) is 7.94. The van der Waals surface area contributed by atoms with Crippen LogP contribution in [-0.2, 0) is 10.0 Å². The third kappa shape index (κ3) is 6.15. The highest BCUT2D eigenvalue weighted by Gasteiger charge is 2.23. The van der Waals surface area contributed by atoms with E-state index >= 15 is 0 Å². The van der Waals surface area contributed by atoms with E-state index in [1.807, 2.05) is 50.2 Å². The molecular weight excluding hydrogens is 456 g/mol. The summed E-state index contributed by atoms with van der Waals surface area (Å²) in [5.74, 6) is 0.00258. The van der Waals surface area contributed by atoms with E-state index in [4.69, 9.17) is 11.6 Å². The maximum atomic E-state index is 13.1. The number of hydrogen-bond acceptors (Lipinski definition) is 3. The number of hydrogen-bond donors (Lipinski definition) is 2. The van der Waals surface area contributed by atoms with Crippen molar-refractivity contribution in [2.45, 2.75) is 45.1 Å². The van der Waals surface area contributed by atoms with Crippen molar-refractivity contribution >= 4 is 33.2 Å². The second-order valence-corrected chi connectivity index (χ2v) is 10.6. The minimum atomic E-state index is -4.00. The molecule has 0 heterocycles. The molecule has 0 aliphatic carbocycles. The molecule has 0 fully saturated rings. The minimum Gasteiger partial charge on any atom is -0.345 e. The van der Waals surface area contributed by atoms with Crippen LogP contribution in [0.1, 0.15) is 53.4 Å². The first-order chi connectivity index (χ1) is 15.6. The molecule has 0 aromatic heterocycles. The van der Waals surface area contributed by atoms with Gasteiger partial charge < -0.3 is 5.32 Å². The molecule has 3 aromatic carbocycles. The van der Waals surface area contributed by atoms with Gasteiger partial charge in [-0.1, -0.05) is 67.9 Å². The fourth-order valence-corrected chi connectivity index (χ4v) is 5.24. The standard InChI is InChI=1S/C26H29ClN2O3S/c1-17(2)15-24(20-10-6-5-7-11-20)28-26(30)21-13-14-22(27)25(16-21)33(31,32)29-23-12-8-9-18(3)19(23)4/h5-14,16-17,24,29H,15H2,1-4H3,(H,28,30)/t24-/m1/s1.